The van der Waals surface area contributed by atoms with Gasteiger partial charge in [0, 0.05) is 5.69 Å². The van der Waals surface area contributed by atoms with Gasteiger partial charge in [-0.3, -0.25) is 4.79 Å². The van der Waals surface area contributed by atoms with Gasteiger partial charge in [-0.15, -0.1) is 0 Å². The second kappa shape index (κ2) is 7.88. The van der Waals surface area contributed by atoms with Crippen LogP contribution < -0.4 is 16.0 Å². The van der Waals surface area contributed by atoms with Crippen LogP contribution in [0.25, 0.3) is 22.3 Å². The third-order valence-electron chi connectivity index (χ3n) is 5.20. The molecule has 5 aromatic rings. The number of ether oxygens (including phenoxy) is 1. The highest BCUT2D eigenvalue weighted by molar-refractivity contribution is 5.84. The van der Waals surface area contributed by atoms with E-state index < -0.39 is 0 Å². The van der Waals surface area contributed by atoms with E-state index in [1.807, 2.05) is 102 Å². The molecule has 0 amide bonds. The number of rotatable bonds is 5. The SMILES string of the molecule is Nc1ccc2c(c1)c(=O)n(-c1ccc(OCc3ccccc3)cc1)n2-c1ccccc1. The molecule has 0 spiro atoms. The molecule has 0 atom stereocenters. The highest BCUT2D eigenvalue weighted by atomic mass is 16.5. The van der Waals surface area contributed by atoms with E-state index in [1.165, 1.54) is 0 Å². The van der Waals surface area contributed by atoms with Crippen molar-refractivity contribution in [1.82, 2.24) is 9.36 Å². The van der Waals surface area contributed by atoms with Crippen LogP contribution in [0.15, 0.2) is 108 Å². The van der Waals surface area contributed by atoms with Crippen molar-refractivity contribution < 1.29 is 4.74 Å². The van der Waals surface area contributed by atoms with Crippen molar-refractivity contribution in [2.24, 2.45) is 0 Å². The lowest BCUT2D eigenvalue weighted by Crippen LogP contribution is -2.20. The van der Waals surface area contributed by atoms with Gasteiger partial charge in [0.1, 0.15) is 12.4 Å². The zero-order valence-corrected chi connectivity index (χ0v) is 16.8. The molecule has 5 heteroatoms. The largest absolute Gasteiger partial charge is 0.489 e. The predicted molar refractivity (Wildman–Crippen MR) is 124 cm³/mol. The summed E-state index contributed by atoms with van der Waals surface area (Å²) in [5, 5.41) is 0.577. The van der Waals surface area contributed by atoms with Crippen LogP contribution in [0, 0.1) is 0 Å². The molecule has 5 nitrogen and oxygen atoms in total. The normalized spacial score (nSPS) is 11.0. The van der Waals surface area contributed by atoms with Gasteiger partial charge in [-0.1, -0.05) is 48.5 Å². The number of hydrogen-bond acceptors (Lipinski definition) is 3. The van der Waals surface area contributed by atoms with Crippen LogP contribution >= 0.6 is 0 Å². The van der Waals surface area contributed by atoms with E-state index >= 15 is 0 Å². The van der Waals surface area contributed by atoms with Crippen molar-refractivity contribution in [3.8, 4) is 17.1 Å². The van der Waals surface area contributed by atoms with Gasteiger partial charge in [0.25, 0.3) is 5.56 Å². The first kappa shape index (κ1) is 18.8. The molecule has 0 saturated carbocycles. The lowest BCUT2D eigenvalue weighted by atomic mass is 10.2. The Balaban J connectivity index is 1.57. The van der Waals surface area contributed by atoms with E-state index in [1.54, 1.807) is 10.7 Å². The molecular formula is C26H21N3O2. The van der Waals surface area contributed by atoms with Crippen LogP contribution in [0.5, 0.6) is 5.75 Å². The summed E-state index contributed by atoms with van der Waals surface area (Å²) in [6.45, 7) is 0.490. The minimum Gasteiger partial charge on any atom is -0.489 e. The number of aromatic nitrogens is 2. The Hall–Kier alpha value is -4.25. The summed E-state index contributed by atoms with van der Waals surface area (Å²) < 4.78 is 9.47. The fourth-order valence-electron chi connectivity index (χ4n) is 3.70. The van der Waals surface area contributed by atoms with Gasteiger partial charge in [0.2, 0.25) is 0 Å². The first-order valence-electron chi connectivity index (χ1n) is 10.1. The zero-order valence-electron chi connectivity index (χ0n) is 16.8. The Morgan fingerprint density at radius 1 is 0.710 bits per heavy atom. The minimum absolute atomic E-state index is 0.121. The van der Waals surface area contributed by atoms with Gasteiger partial charge in [0.05, 0.1) is 22.3 Å². The lowest BCUT2D eigenvalue weighted by Gasteiger charge is -2.14. The maximum Gasteiger partial charge on any atom is 0.279 e. The molecule has 0 radical (unpaired) electrons. The fraction of sp³-hybridized carbons (Fsp3) is 0.0385. The van der Waals surface area contributed by atoms with E-state index in [4.69, 9.17) is 10.5 Å². The molecule has 1 heterocycles. The molecule has 0 aliphatic carbocycles. The number of nitrogens with two attached hydrogens (primary N) is 1. The fourth-order valence-corrected chi connectivity index (χ4v) is 3.70. The summed E-state index contributed by atoms with van der Waals surface area (Å²) in [6, 6.07) is 32.8. The molecule has 0 bridgehead atoms. The summed E-state index contributed by atoms with van der Waals surface area (Å²) in [5.41, 5.74) is 9.94. The molecule has 0 unspecified atom stereocenters. The molecule has 152 valence electrons. The van der Waals surface area contributed by atoms with Crippen LogP contribution in [-0.4, -0.2) is 9.36 Å². The molecule has 4 aromatic carbocycles. The van der Waals surface area contributed by atoms with E-state index in [-0.39, 0.29) is 5.56 Å². The second-order valence-corrected chi connectivity index (χ2v) is 7.31. The van der Waals surface area contributed by atoms with Crippen molar-refractivity contribution >= 4 is 16.6 Å². The Morgan fingerprint density at radius 3 is 2.06 bits per heavy atom. The van der Waals surface area contributed by atoms with Crippen LogP contribution in [0.1, 0.15) is 5.56 Å². The van der Waals surface area contributed by atoms with Gasteiger partial charge >= 0.3 is 0 Å². The maximum atomic E-state index is 13.3. The average Bonchev–Trinajstić information content (AvgIpc) is 3.11. The van der Waals surface area contributed by atoms with Crippen LogP contribution in [-0.2, 0) is 6.61 Å². The maximum absolute atomic E-state index is 13.3. The molecule has 0 fully saturated rings. The molecule has 0 saturated heterocycles. The second-order valence-electron chi connectivity index (χ2n) is 7.31. The molecule has 5 rings (SSSR count). The Kier molecular flexibility index (Phi) is 4.77. The first-order valence-corrected chi connectivity index (χ1v) is 10.1. The molecule has 31 heavy (non-hydrogen) atoms. The Morgan fingerprint density at radius 2 is 1.35 bits per heavy atom. The van der Waals surface area contributed by atoms with Gasteiger partial charge in [-0.05, 0) is 60.2 Å². The quantitative estimate of drug-likeness (QED) is 0.420. The number of nitrogen functional groups attached to an aromatic ring is 1. The topological polar surface area (TPSA) is 62.2 Å². The molecule has 1 aromatic heterocycles. The van der Waals surface area contributed by atoms with Gasteiger partial charge in [-0.2, -0.15) is 0 Å². The number of fused-ring (bicyclic) bond motifs is 1. The third kappa shape index (κ3) is 3.57. The molecular weight excluding hydrogens is 386 g/mol. The number of nitrogens with zero attached hydrogens (tertiary/aromatic N) is 2. The lowest BCUT2D eigenvalue weighted by molar-refractivity contribution is 0.306. The standard InChI is InChI=1S/C26H21N3O2/c27-20-11-16-25-24(17-20)26(30)29(28(25)21-9-5-2-6-10-21)22-12-14-23(15-13-22)31-18-19-7-3-1-4-8-19/h1-17H,18,27H2. The van der Waals surface area contributed by atoms with Gasteiger partial charge in [0.15, 0.2) is 0 Å². The van der Waals surface area contributed by atoms with Gasteiger partial charge in [-0.25, -0.2) is 9.36 Å². The number of para-hydroxylation sites is 1. The summed E-state index contributed by atoms with van der Waals surface area (Å²) in [7, 11) is 0. The predicted octanol–water partition coefficient (Wildman–Crippen LogP) is 4.94. The van der Waals surface area contributed by atoms with Crippen LogP contribution in [0.4, 0.5) is 5.69 Å². The summed E-state index contributed by atoms with van der Waals surface area (Å²) in [6.07, 6.45) is 0. The summed E-state index contributed by atoms with van der Waals surface area (Å²) in [5.74, 6) is 0.743. The Labute approximate surface area is 179 Å². The van der Waals surface area contributed by atoms with Crippen molar-refractivity contribution in [2.75, 3.05) is 5.73 Å². The van der Waals surface area contributed by atoms with Crippen molar-refractivity contribution in [3.63, 3.8) is 0 Å². The monoisotopic (exact) mass is 407 g/mol. The average molecular weight is 407 g/mol. The number of benzene rings is 4. The van der Waals surface area contributed by atoms with E-state index in [0.29, 0.717) is 17.7 Å². The summed E-state index contributed by atoms with van der Waals surface area (Å²) >= 11 is 0. The number of hydrogen-bond donors (Lipinski definition) is 1. The van der Waals surface area contributed by atoms with E-state index in [2.05, 4.69) is 0 Å². The smallest absolute Gasteiger partial charge is 0.279 e. The first-order chi connectivity index (χ1) is 15.2. The molecule has 0 aliphatic rings. The van der Waals surface area contributed by atoms with Crippen molar-refractivity contribution in [3.05, 3.63) is 119 Å². The van der Waals surface area contributed by atoms with E-state index in [0.717, 1.165) is 28.2 Å². The minimum atomic E-state index is -0.121. The third-order valence-corrected chi connectivity index (χ3v) is 5.20. The summed E-state index contributed by atoms with van der Waals surface area (Å²) in [4.78, 5) is 13.3. The van der Waals surface area contributed by atoms with Gasteiger partial charge < -0.3 is 10.5 Å². The van der Waals surface area contributed by atoms with Crippen molar-refractivity contribution in [1.29, 1.82) is 0 Å². The van der Waals surface area contributed by atoms with Crippen molar-refractivity contribution in [2.45, 2.75) is 6.61 Å². The zero-order chi connectivity index (χ0) is 21.2. The highest BCUT2D eigenvalue weighted by Gasteiger charge is 2.16. The van der Waals surface area contributed by atoms with Crippen LogP contribution in [0.2, 0.25) is 0 Å². The van der Waals surface area contributed by atoms with E-state index in [9.17, 15) is 4.79 Å². The Bertz CT molecular complexity index is 1390. The molecule has 0 aliphatic heterocycles. The van der Waals surface area contributed by atoms with Crippen LogP contribution in [0.3, 0.4) is 0 Å². The molecule has 2 N–H and O–H groups in total. The number of anilines is 1. The highest BCUT2D eigenvalue weighted by Crippen LogP contribution is 2.23.